The number of halogens is 1. The van der Waals surface area contributed by atoms with E-state index < -0.39 is 33.9 Å². The summed E-state index contributed by atoms with van der Waals surface area (Å²) in [5.41, 5.74) is 0.179. The van der Waals surface area contributed by atoms with Crippen LogP contribution in [0.4, 0.5) is 5.69 Å². The molecule has 1 amide bonds. The number of anilines is 1. The van der Waals surface area contributed by atoms with Gasteiger partial charge in [0, 0.05) is 13.0 Å². The molecule has 0 saturated heterocycles. The van der Waals surface area contributed by atoms with Crippen molar-refractivity contribution in [2.45, 2.75) is 31.7 Å². The molecule has 0 fully saturated rings. The Hall–Kier alpha value is -1.84. The average molecular weight is 379 g/mol. The van der Waals surface area contributed by atoms with E-state index in [4.69, 9.17) is 21.4 Å². The first-order valence-electron chi connectivity index (χ1n) is 6.89. The first-order chi connectivity index (χ1) is 11.0. The van der Waals surface area contributed by atoms with E-state index in [-0.39, 0.29) is 21.4 Å². The summed E-state index contributed by atoms with van der Waals surface area (Å²) in [6.07, 6.45) is 0. The molecule has 0 unspecified atom stereocenters. The number of carbonyl (C=O) groups is 2. The summed E-state index contributed by atoms with van der Waals surface area (Å²) < 4.78 is 32.2. The molecule has 0 heterocycles. The van der Waals surface area contributed by atoms with Gasteiger partial charge in [0.2, 0.25) is 15.9 Å². The lowest BCUT2D eigenvalue weighted by atomic mass is 10.1. The number of carbonyl (C=O) groups excluding carboxylic acids is 1. The minimum absolute atomic E-state index is 0.0252. The molecule has 3 N–H and O–H groups in total. The fourth-order valence-corrected chi connectivity index (χ4v) is 3.68. The number of carboxylic acid groups (broad SMARTS) is 1. The standard InChI is InChI=1S/C14H19ClN2O6S/c1-7(2)13(14(19)20)17-24(21,22)12-5-9(15)10(16-8(3)18)6-11(12)23-4/h5-7,13,17H,1-4H3,(H,16,18)(H,19,20)/t13-/m1/s1. The molecule has 0 bridgehead atoms. The van der Waals surface area contributed by atoms with Crippen molar-refractivity contribution in [1.82, 2.24) is 4.72 Å². The highest BCUT2D eigenvalue weighted by Gasteiger charge is 2.30. The fourth-order valence-electron chi connectivity index (χ4n) is 1.89. The summed E-state index contributed by atoms with van der Waals surface area (Å²) in [7, 11) is -2.97. The molecule has 24 heavy (non-hydrogen) atoms. The largest absolute Gasteiger partial charge is 0.495 e. The van der Waals surface area contributed by atoms with Crippen LogP contribution >= 0.6 is 11.6 Å². The molecule has 0 aliphatic carbocycles. The van der Waals surface area contributed by atoms with E-state index in [1.807, 2.05) is 0 Å². The lowest BCUT2D eigenvalue weighted by Crippen LogP contribution is -2.44. The highest BCUT2D eigenvalue weighted by atomic mass is 35.5. The fraction of sp³-hybridized carbons (Fsp3) is 0.429. The number of amides is 1. The van der Waals surface area contributed by atoms with Gasteiger partial charge in [-0.15, -0.1) is 0 Å². The molecule has 0 radical (unpaired) electrons. The van der Waals surface area contributed by atoms with Gasteiger partial charge in [-0.25, -0.2) is 8.42 Å². The third kappa shape index (κ3) is 4.83. The lowest BCUT2D eigenvalue weighted by molar-refractivity contribution is -0.140. The van der Waals surface area contributed by atoms with Crippen molar-refractivity contribution in [3.05, 3.63) is 17.2 Å². The summed E-state index contributed by atoms with van der Waals surface area (Å²) in [5, 5.41) is 11.6. The number of benzene rings is 1. The summed E-state index contributed by atoms with van der Waals surface area (Å²) in [4.78, 5) is 22.0. The number of methoxy groups -OCH3 is 1. The van der Waals surface area contributed by atoms with Crippen LogP contribution in [-0.2, 0) is 19.6 Å². The topological polar surface area (TPSA) is 122 Å². The van der Waals surface area contributed by atoms with E-state index in [9.17, 15) is 18.0 Å². The van der Waals surface area contributed by atoms with E-state index in [0.29, 0.717) is 0 Å². The second kappa shape index (κ2) is 7.82. The number of hydrogen-bond acceptors (Lipinski definition) is 5. The van der Waals surface area contributed by atoms with Crippen LogP contribution in [0.3, 0.4) is 0 Å². The average Bonchev–Trinajstić information content (AvgIpc) is 2.45. The number of carboxylic acids is 1. The van der Waals surface area contributed by atoms with Gasteiger partial charge in [-0.05, 0) is 12.0 Å². The monoisotopic (exact) mass is 378 g/mol. The first kappa shape index (κ1) is 20.2. The minimum Gasteiger partial charge on any atom is -0.495 e. The predicted octanol–water partition coefficient (Wildman–Crippen LogP) is 1.69. The number of ether oxygens (including phenoxy) is 1. The van der Waals surface area contributed by atoms with Gasteiger partial charge in [-0.3, -0.25) is 9.59 Å². The zero-order valence-electron chi connectivity index (χ0n) is 13.6. The smallest absolute Gasteiger partial charge is 0.322 e. The van der Waals surface area contributed by atoms with Crippen LogP contribution in [0.2, 0.25) is 5.02 Å². The zero-order valence-corrected chi connectivity index (χ0v) is 15.2. The maximum atomic E-state index is 12.5. The lowest BCUT2D eigenvalue weighted by Gasteiger charge is -2.19. The van der Waals surface area contributed by atoms with Crippen molar-refractivity contribution in [3.63, 3.8) is 0 Å². The maximum Gasteiger partial charge on any atom is 0.322 e. The summed E-state index contributed by atoms with van der Waals surface area (Å²) in [6, 6.07) is 1.03. The van der Waals surface area contributed by atoms with Crippen LogP contribution in [0.15, 0.2) is 17.0 Å². The van der Waals surface area contributed by atoms with Crippen LogP contribution in [0.5, 0.6) is 5.75 Å². The van der Waals surface area contributed by atoms with Crippen LogP contribution in [0.1, 0.15) is 20.8 Å². The van der Waals surface area contributed by atoms with Crippen LogP contribution in [0, 0.1) is 5.92 Å². The predicted molar refractivity (Wildman–Crippen MR) is 88.9 cm³/mol. The van der Waals surface area contributed by atoms with E-state index in [2.05, 4.69) is 10.0 Å². The highest BCUT2D eigenvalue weighted by Crippen LogP contribution is 2.34. The summed E-state index contributed by atoms with van der Waals surface area (Å²) in [6.45, 7) is 4.42. The van der Waals surface area contributed by atoms with Gasteiger partial charge in [-0.1, -0.05) is 25.4 Å². The zero-order chi connectivity index (χ0) is 18.7. The van der Waals surface area contributed by atoms with Crippen molar-refractivity contribution in [2.75, 3.05) is 12.4 Å². The summed E-state index contributed by atoms with van der Waals surface area (Å²) >= 11 is 5.99. The Labute approximate surface area is 145 Å². The van der Waals surface area contributed by atoms with Gasteiger partial charge < -0.3 is 15.2 Å². The van der Waals surface area contributed by atoms with Gasteiger partial charge in [-0.2, -0.15) is 4.72 Å². The quantitative estimate of drug-likeness (QED) is 0.663. The third-order valence-electron chi connectivity index (χ3n) is 3.07. The van der Waals surface area contributed by atoms with Crippen molar-refractivity contribution < 1.29 is 27.9 Å². The molecular weight excluding hydrogens is 360 g/mol. The van der Waals surface area contributed by atoms with Crippen molar-refractivity contribution >= 4 is 39.2 Å². The SMILES string of the molecule is COc1cc(NC(C)=O)c(Cl)cc1S(=O)(=O)N[C@@H](C(=O)O)C(C)C. The van der Waals surface area contributed by atoms with Crippen molar-refractivity contribution in [2.24, 2.45) is 5.92 Å². The van der Waals surface area contributed by atoms with Gasteiger partial charge in [0.15, 0.2) is 0 Å². The highest BCUT2D eigenvalue weighted by molar-refractivity contribution is 7.89. The van der Waals surface area contributed by atoms with Gasteiger partial charge in [0.1, 0.15) is 16.7 Å². The summed E-state index contributed by atoms with van der Waals surface area (Å²) in [5.74, 6) is -2.24. The second-order valence-electron chi connectivity index (χ2n) is 5.35. The van der Waals surface area contributed by atoms with Crippen LogP contribution in [-0.4, -0.2) is 38.6 Å². The van der Waals surface area contributed by atoms with E-state index in [1.165, 1.54) is 20.1 Å². The molecule has 8 nitrogen and oxygen atoms in total. The number of hydrogen-bond donors (Lipinski definition) is 3. The number of sulfonamides is 1. The Morgan fingerprint density at radius 2 is 1.88 bits per heavy atom. The Morgan fingerprint density at radius 1 is 1.29 bits per heavy atom. The van der Waals surface area contributed by atoms with E-state index in [1.54, 1.807) is 13.8 Å². The molecule has 0 aliphatic rings. The molecule has 1 aromatic carbocycles. The molecule has 1 rings (SSSR count). The molecule has 134 valence electrons. The van der Waals surface area contributed by atoms with Crippen LogP contribution in [0.25, 0.3) is 0 Å². The maximum absolute atomic E-state index is 12.5. The number of nitrogens with one attached hydrogen (secondary N) is 2. The van der Waals surface area contributed by atoms with Gasteiger partial charge >= 0.3 is 5.97 Å². The minimum atomic E-state index is -4.21. The number of rotatable bonds is 7. The van der Waals surface area contributed by atoms with Crippen molar-refractivity contribution in [3.8, 4) is 5.75 Å². The second-order valence-corrected chi connectivity index (χ2v) is 7.43. The van der Waals surface area contributed by atoms with Gasteiger partial charge in [0.05, 0.1) is 17.8 Å². The Balaban J connectivity index is 3.35. The van der Waals surface area contributed by atoms with Crippen molar-refractivity contribution in [1.29, 1.82) is 0 Å². The molecule has 0 aliphatic heterocycles. The Morgan fingerprint density at radius 3 is 2.29 bits per heavy atom. The molecule has 0 aromatic heterocycles. The van der Waals surface area contributed by atoms with E-state index >= 15 is 0 Å². The molecule has 0 spiro atoms. The van der Waals surface area contributed by atoms with Gasteiger partial charge in [0.25, 0.3) is 0 Å². The Bertz CT molecular complexity index is 748. The van der Waals surface area contributed by atoms with E-state index in [0.717, 1.165) is 6.07 Å². The molecular formula is C14H19ClN2O6S. The molecule has 0 saturated carbocycles. The number of aliphatic carboxylic acids is 1. The van der Waals surface area contributed by atoms with Crippen LogP contribution < -0.4 is 14.8 Å². The molecule has 1 aromatic rings. The molecule has 10 heteroatoms. The molecule has 1 atom stereocenters. The Kier molecular flexibility index (Phi) is 6.58. The first-order valence-corrected chi connectivity index (χ1v) is 8.76. The third-order valence-corrected chi connectivity index (χ3v) is 4.84. The normalized spacial score (nSPS) is 12.8.